The maximum Gasteiger partial charge on any atom is 0.319 e. The molecule has 0 spiro atoms. The fraction of sp³-hybridized carbons (Fsp3) is 0.467. The van der Waals surface area contributed by atoms with Gasteiger partial charge in [-0.3, -0.25) is 0 Å². The summed E-state index contributed by atoms with van der Waals surface area (Å²) in [6, 6.07) is 8.54. The van der Waals surface area contributed by atoms with Gasteiger partial charge in [0.05, 0.1) is 17.7 Å². The van der Waals surface area contributed by atoms with Gasteiger partial charge in [0, 0.05) is 12.2 Å². The zero-order chi connectivity index (χ0) is 14.4. The number of rotatable bonds is 3. The number of anilines is 1. The van der Waals surface area contributed by atoms with E-state index in [-0.39, 0.29) is 12.1 Å². The lowest BCUT2D eigenvalue weighted by molar-refractivity contribution is 0.101. The number of hydrogen-bond acceptors (Lipinski definition) is 3. The molecule has 2 atom stereocenters. The molecule has 1 aliphatic rings. The van der Waals surface area contributed by atoms with Gasteiger partial charge in [-0.15, -0.1) is 0 Å². The summed E-state index contributed by atoms with van der Waals surface area (Å²) in [5.41, 5.74) is 1.11. The van der Waals surface area contributed by atoms with E-state index < -0.39 is 0 Å². The van der Waals surface area contributed by atoms with E-state index in [2.05, 4.69) is 10.6 Å². The molecule has 1 aromatic rings. The van der Waals surface area contributed by atoms with Crippen LogP contribution in [0.4, 0.5) is 10.5 Å². The van der Waals surface area contributed by atoms with E-state index in [0.717, 1.165) is 25.7 Å². The zero-order valence-electron chi connectivity index (χ0n) is 11.3. The lowest BCUT2D eigenvalue weighted by Crippen LogP contribution is -2.35. The first kappa shape index (κ1) is 14.4. The average molecular weight is 273 g/mol. The van der Waals surface area contributed by atoms with Crippen molar-refractivity contribution in [2.24, 2.45) is 5.92 Å². The molecule has 1 fully saturated rings. The number of nitriles is 1. The fourth-order valence-corrected chi connectivity index (χ4v) is 2.53. The maximum absolute atomic E-state index is 11.8. The van der Waals surface area contributed by atoms with E-state index >= 15 is 0 Å². The van der Waals surface area contributed by atoms with Gasteiger partial charge in [0.2, 0.25) is 0 Å². The number of aliphatic hydroxyl groups is 1. The number of nitrogens with one attached hydrogen (secondary N) is 2. The second kappa shape index (κ2) is 6.92. The molecule has 0 radical (unpaired) electrons. The quantitative estimate of drug-likeness (QED) is 0.789. The molecule has 0 aromatic heterocycles. The van der Waals surface area contributed by atoms with Gasteiger partial charge in [-0.25, -0.2) is 4.79 Å². The highest BCUT2D eigenvalue weighted by Gasteiger charge is 2.20. The van der Waals surface area contributed by atoms with E-state index in [1.54, 1.807) is 24.3 Å². The van der Waals surface area contributed by atoms with Gasteiger partial charge in [-0.1, -0.05) is 12.5 Å². The normalized spacial score (nSPS) is 21.8. The van der Waals surface area contributed by atoms with Crippen molar-refractivity contribution in [3.8, 4) is 6.07 Å². The van der Waals surface area contributed by atoms with Gasteiger partial charge in [0.1, 0.15) is 0 Å². The molecular weight excluding hydrogens is 254 g/mol. The third-order valence-corrected chi connectivity index (χ3v) is 3.56. The fourth-order valence-electron chi connectivity index (χ4n) is 2.53. The summed E-state index contributed by atoms with van der Waals surface area (Å²) in [7, 11) is 0. The largest absolute Gasteiger partial charge is 0.393 e. The summed E-state index contributed by atoms with van der Waals surface area (Å²) >= 11 is 0. The smallest absolute Gasteiger partial charge is 0.319 e. The second-order valence-corrected chi connectivity index (χ2v) is 5.21. The Morgan fingerprint density at radius 3 is 3.05 bits per heavy atom. The van der Waals surface area contributed by atoms with Crippen molar-refractivity contribution in [3.05, 3.63) is 29.8 Å². The molecule has 1 aliphatic carbocycles. The Morgan fingerprint density at radius 2 is 2.30 bits per heavy atom. The third-order valence-electron chi connectivity index (χ3n) is 3.56. The number of urea groups is 1. The van der Waals surface area contributed by atoms with Crippen molar-refractivity contribution >= 4 is 11.7 Å². The van der Waals surface area contributed by atoms with Crippen molar-refractivity contribution in [3.63, 3.8) is 0 Å². The molecule has 20 heavy (non-hydrogen) atoms. The van der Waals surface area contributed by atoms with Crippen molar-refractivity contribution in [1.82, 2.24) is 5.32 Å². The maximum atomic E-state index is 11.8. The molecular formula is C15H19N3O2. The van der Waals surface area contributed by atoms with Crippen LogP contribution in [0.25, 0.3) is 0 Å². The highest BCUT2D eigenvalue weighted by Crippen LogP contribution is 2.23. The minimum absolute atomic E-state index is 0.231. The first-order valence-corrected chi connectivity index (χ1v) is 6.90. The Balaban J connectivity index is 1.79. The molecule has 3 N–H and O–H groups in total. The van der Waals surface area contributed by atoms with Crippen LogP contribution in [0.3, 0.4) is 0 Å². The number of hydrogen-bond donors (Lipinski definition) is 3. The minimum Gasteiger partial charge on any atom is -0.393 e. The Bertz CT molecular complexity index is 510. The molecule has 0 heterocycles. The van der Waals surface area contributed by atoms with Crippen LogP contribution in [0.5, 0.6) is 0 Å². The summed E-state index contributed by atoms with van der Waals surface area (Å²) in [6.07, 6.45) is 3.44. The van der Waals surface area contributed by atoms with Crippen LogP contribution in [-0.2, 0) is 0 Å². The summed E-state index contributed by atoms with van der Waals surface area (Å²) in [5, 5.41) is 23.9. The predicted octanol–water partition coefficient (Wildman–Crippen LogP) is 2.23. The first-order chi connectivity index (χ1) is 9.67. The molecule has 0 bridgehead atoms. The van der Waals surface area contributed by atoms with Crippen LogP contribution in [0.1, 0.15) is 31.2 Å². The van der Waals surface area contributed by atoms with E-state index in [4.69, 9.17) is 5.26 Å². The SMILES string of the molecule is N#Cc1cccc(NC(=O)NCC2CCCC(O)C2)c1. The predicted molar refractivity (Wildman–Crippen MR) is 76.1 cm³/mol. The lowest BCUT2D eigenvalue weighted by atomic mass is 9.87. The van der Waals surface area contributed by atoms with Gasteiger partial charge < -0.3 is 15.7 Å². The molecule has 2 amide bonds. The van der Waals surface area contributed by atoms with Gasteiger partial charge >= 0.3 is 6.03 Å². The average Bonchev–Trinajstić information content (AvgIpc) is 2.45. The topological polar surface area (TPSA) is 85.2 Å². The van der Waals surface area contributed by atoms with Gasteiger partial charge in [-0.2, -0.15) is 5.26 Å². The number of benzene rings is 1. The number of carbonyl (C=O) groups is 1. The standard InChI is InChI=1S/C15H19N3O2/c16-9-11-3-1-5-13(7-11)18-15(20)17-10-12-4-2-6-14(19)8-12/h1,3,5,7,12,14,19H,2,4,6,8,10H2,(H2,17,18,20). The van der Waals surface area contributed by atoms with Crippen LogP contribution < -0.4 is 10.6 Å². The van der Waals surface area contributed by atoms with Crippen molar-refractivity contribution in [1.29, 1.82) is 5.26 Å². The van der Waals surface area contributed by atoms with Crippen LogP contribution in [-0.4, -0.2) is 23.8 Å². The summed E-state index contributed by atoms with van der Waals surface area (Å²) in [5.74, 6) is 0.343. The van der Waals surface area contributed by atoms with Gasteiger partial charge in [-0.05, 0) is 43.4 Å². The lowest BCUT2D eigenvalue weighted by Gasteiger charge is -2.25. The summed E-state index contributed by atoms with van der Waals surface area (Å²) in [4.78, 5) is 11.8. The number of nitrogens with zero attached hydrogens (tertiary/aromatic N) is 1. The highest BCUT2D eigenvalue weighted by atomic mass is 16.3. The van der Waals surface area contributed by atoms with Gasteiger partial charge in [0.15, 0.2) is 0 Å². The summed E-state index contributed by atoms with van der Waals surface area (Å²) in [6.45, 7) is 0.570. The molecule has 1 aromatic carbocycles. The Hall–Kier alpha value is -2.06. The number of amides is 2. The second-order valence-electron chi connectivity index (χ2n) is 5.21. The van der Waals surface area contributed by atoms with Gasteiger partial charge in [0.25, 0.3) is 0 Å². The Labute approximate surface area is 118 Å². The van der Waals surface area contributed by atoms with E-state index in [1.807, 2.05) is 6.07 Å². The van der Waals surface area contributed by atoms with E-state index in [9.17, 15) is 9.90 Å². The van der Waals surface area contributed by atoms with Crippen LogP contribution >= 0.6 is 0 Å². The minimum atomic E-state index is -0.278. The number of carbonyl (C=O) groups excluding carboxylic acids is 1. The van der Waals surface area contributed by atoms with Crippen molar-refractivity contribution in [2.75, 3.05) is 11.9 Å². The van der Waals surface area contributed by atoms with Crippen LogP contribution in [0.2, 0.25) is 0 Å². The molecule has 5 nitrogen and oxygen atoms in total. The van der Waals surface area contributed by atoms with Crippen LogP contribution in [0.15, 0.2) is 24.3 Å². The monoisotopic (exact) mass is 273 g/mol. The highest BCUT2D eigenvalue weighted by molar-refractivity contribution is 5.89. The first-order valence-electron chi connectivity index (χ1n) is 6.90. The third kappa shape index (κ3) is 4.25. The molecule has 106 valence electrons. The molecule has 0 saturated heterocycles. The van der Waals surface area contributed by atoms with Crippen molar-refractivity contribution < 1.29 is 9.90 Å². The molecule has 2 rings (SSSR count). The van der Waals surface area contributed by atoms with E-state index in [1.165, 1.54) is 0 Å². The van der Waals surface area contributed by atoms with E-state index in [0.29, 0.717) is 23.7 Å². The van der Waals surface area contributed by atoms with Crippen LogP contribution in [0, 0.1) is 17.2 Å². The Kier molecular flexibility index (Phi) is 4.97. The molecule has 5 heteroatoms. The number of aliphatic hydroxyl groups excluding tert-OH is 1. The van der Waals surface area contributed by atoms with Crippen molar-refractivity contribution in [2.45, 2.75) is 31.8 Å². The zero-order valence-corrected chi connectivity index (χ0v) is 11.3. The molecule has 1 saturated carbocycles. The molecule has 0 aliphatic heterocycles. The Morgan fingerprint density at radius 1 is 1.45 bits per heavy atom. The summed E-state index contributed by atoms with van der Waals surface area (Å²) < 4.78 is 0. The molecule has 2 unspecified atom stereocenters.